The van der Waals surface area contributed by atoms with Crippen LogP contribution in [0.1, 0.15) is 24.8 Å². The summed E-state index contributed by atoms with van der Waals surface area (Å²) >= 11 is 0. The van der Waals surface area contributed by atoms with E-state index >= 15 is 0 Å². The predicted molar refractivity (Wildman–Crippen MR) is 68.7 cm³/mol. The van der Waals surface area contributed by atoms with Gasteiger partial charge in [-0.3, -0.25) is 4.79 Å². The van der Waals surface area contributed by atoms with Crippen LogP contribution in [0.2, 0.25) is 0 Å². The Labute approximate surface area is 107 Å². The van der Waals surface area contributed by atoms with Gasteiger partial charge in [-0.1, -0.05) is 12.1 Å². The molecule has 0 bridgehead atoms. The average Bonchev–Trinajstić information content (AvgIpc) is 2.37. The van der Waals surface area contributed by atoms with Crippen molar-refractivity contribution >= 4 is 5.91 Å². The first-order valence-electron chi connectivity index (χ1n) is 6.22. The van der Waals surface area contributed by atoms with Crippen molar-refractivity contribution in [2.24, 2.45) is 0 Å². The van der Waals surface area contributed by atoms with E-state index in [1.54, 1.807) is 24.1 Å². The third-order valence-electron chi connectivity index (χ3n) is 2.85. The Morgan fingerprint density at radius 1 is 1.22 bits per heavy atom. The number of hydrogen-bond acceptors (Lipinski definition) is 2. The highest BCUT2D eigenvalue weighted by Crippen LogP contribution is 2.06. The smallest absolute Gasteiger partial charge is 0.226 e. The zero-order valence-corrected chi connectivity index (χ0v) is 10.7. The van der Waals surface area contributed by atoms with Crippen molar-refractivity contribution in [1.82, 2.24) is 4.90 Å². The summed E-state index contributed by atoms with van der Waals surface area (Å²) in [5.41, 5.74) is 0.823. The summed E-state index contributed by atoms with van der Waals surface area (Å²) in [5.74, 6) is -0.255. The number of carbonyl (C=O) groups excluding carboxylic acids is 1. The second-order valence-electron chi connectivity index (χ2n) is 4.40. The molecule has 100 valence electrons. The molecule has 0 saturated carbocycles. The number of benzene rings is 1. The first-order chi connectivity index (χ1) is 8.63. The van der Waals surface area contributed by atoms with Gasteiger partial charge in [0.25, 0.3) is 0 Å². The molecule has 0 aliphatic rings. The van der Waals surface area contributed by atoms with Crippen LogP contribution in [0.4, 0.5) is 4.39 Å². The molecule has 3 nitrogen and oxygen atoms in total. The largest absolute Gasteiger partial charge is 0.396 e. The zero-order chi connectivity index (χ0) is 13.4. The molecule has 0 spiro atoms. The molecule has 0 aliphatic carbocycles. The molecule has 1 aromatic rings. The summed E-state index contributed by atoms with van der Waals surface area (Å²) in [4.78, 5) is 13.5. The number of aliphatic hydroxyl groups is 1. The van der Waals surface area contributed by atoms with E-state index in [2.05, 4.69) is 0 Å². The molecule has 0 aliphatic heterocycles. The van der Waals surface area contributed by atoms with Gasteiger partial charge in [-0.05, 0) is 37.0 Å². The summed E-state index contributed by atoms with van der Waals surface area (Å²) < 4.78 is 12.7. The zero-order valence-electron chi connectivity index (χ0n) is 10.7. The lowest BCUT2D eigenvalue weighted by Gasteiger charge is -2.17. The van der Waals surface area contributed by atoms with Gasteiger partial charge in [0.2, 0.25) is 5.91 Å². The third-order valence-corrected chi connectivity index (χ3v) is 2.85. The lowest BCUT2D eigenvalue weighted by Crippen LogP contribution is -2.29. The Morgan fingerprint density at radius 3 is 2.50 bits per heavy atom. The molecular weight excluding hydrogens is 233 g/mol. The minimum absolute atomic E-state index is 0.0330. The van der Waals surface area contributed by atoms with Gasteiger partial charge in [-0.15, -0.1) is 0 Å². The van der Waals surface area contributed by atoms with Gasteiger partial charge in [-0.2, -0.15) is 0 Å². The lowest BCUT2D eigenvalue weighted by atomic mass is 10.1. The van der Waals surface area contributed by atoms with Crippen LogP contribution in [0.25, 0.3) is 0 Å². The van der Waals surface area contributed by atoms with Crippen LogP contribution in [-0.4, -0.2) is 36.1 Å². The number of nitrogens with zero attached hydrogens (tertiary/aromatic N) is 1. The fourth-order valence-corrected chi connectivity index (χ4v) is 1.67. The number of aliphatic hydroxyl groups excluding tert-OH is 1. The molecule has 0 heterocycles. The molecule has 1 rings (SSSR count). The first kappa shape index (κ1) is 14.6. The van der Waals surface area contributed by atoms with E-state index in [4.69, 9.17) is 5.11 Å². The van der Waals surface area contributed by atoms with Gasteiger partial charge >= 0.3 is 0 Å². The fourth-order valence-electron chi connectivity index (χ4n) is 1.67. The quantitative estimate of drug-likeness (QED) is 0.755. The number of halogens is 1. The lowest BCUT2D eigenvalue weighted by molar-refractivity contribution is -0.129. The van der Waals surface area contributed by atoms with E-state index in [9.17, 15) is 9.18 Å². The van der Waals surface area contributed by atoms with E-state index in [1.807, 2.05) is 0 Å². The molecule has 4 heteroatoms. The summed E-state index contributed by atoms with van der Waals surface area (Å²) in [5, 5.41) is 8.65. The predicted octanol–water partition coefficient (Wildman–Crippen LogP) is 1.99. The van der Waals surface area contributed by atoms with Gasteiger partial charge in [0.15, 0.2) is 0 Å². The number of likely N-dealkylation sites (N-methyl/N-ethyl adjacent to an activating group) is 1. The Hall–Kier alpha value is -1.42. The van der Waals surface area contributed by atoms with E-state index < -0.39 is 0 Å². The monoisotopic (exact) mass is 253 g/mol. The van der Waals surface area contributed by atoms with E-state index in [-0.39, 0.29) is 18.3 Å². The standard InChI is InChI=1S/C14H20FNO2/c1-16(9-3-2-4-10-17)14(18)11-12-5-7-13(15)8-6-12/h5-8,17H,2-4,9-11H2,1H3. The molecule has 1 aromatic carbocycles. The number of hydrogen-bond donors (Lipinski definition) is 1. The molecule has 18 heavy (non-hydrogen) atoms. The minimum atomic E-state index is -0.288. The average molecular weight is 253 g/mol. The molecule has 0 saturated heterocycles. The minimum Gasteiger partial charge on any atom is -0.396 e. The van der Waals surface area contributed by atoms with Crippen LogP contribution < -0.4 is 0 Å². The second kappa shape index (κ2) is 7.82. The van der Waals surface area contributed by atoms with Crippen LogP contribution >= 0.6 is 0 Å². The molecule has 0 unspecified atom stereocenters. The number of amides is 1. The van der Waals surface area contributed by atoms with E-state index in [1.165, 1.54) is 12.1 Å². The highest BCUT2D eigenvalue weighted by atomic mass is 19.1. The summed E-state index contributed by atoms with van der Waals surface area (Å²) in [6, 6.07) is 5.99. The molecular formula is C14H20FNO2. The van der Waals surface area contributed by atoms with Crippen molar-refractivity contribution in [3.8, 4) is 0 Å². The van der Waals surface area contributed by atoms with Crippen molar-refractivity contribution in [2.75, 3.05) is 20.2 Å². The summed E-state index contributed by atoms with van der Waals surface area (Å²) in [7, 11) is 1.77. The Bertz CT molecular complexity index is 365. The van der Waals surface area contributed by atoms with Gasteiger partial charge < -0.3 is 10.0 Å². The Morgan fingerprint density at radius 2 is 1.89 bits per heavy atom. The van der Waals surface area contributed by atoms with Gasteiger partial charge in [0.05, 0.1) is 6.42 Å². The normalized spacial score (nSPS) is 10.4. The number of carbonyl (C=O) groups is 1. The van der Waals surface area contributed by atoms with Crippen LogP contribution in [-0.2, 0) is 11.2 Å². The molecule has 0 fully saturated rings. The van der Waals surface area contributed by atoms with Crippen molar-refractivity contribution < 1.29 is 14.3 Å². The van der Waals surface area contributed by atoms with E-state index in [0.717, 1.165) is 24.8 Å². The molecule has 0 aromatic heterocycles. The maximum atomic E-state index is 12.7. The summed E-state index contributed by atoms with van der Waals surface area (Å²) in [6.07, 6.45) is 2.90. The maximum absolute atomic E-state index is 12.7. The number of unbranched alkanes of at least 4 members (excludes halogenated alkanes) is 2. The van der Waals surface area contributed by atoms with E-state index in [0.29, 0.717) is 13.0 Å². The fraction of sp³-hybridized carbons (Fsp3) is 0.500. The highest BCUT2D eigenvalue weighted by Gasteiger charge is 2.09. The first-order valence-corrected chi connectivity index (χ1v) is 6.22. The maximum Gasteiger partial charge on any atom is 0.226 e. The second-order valence-corrected chi connectivity index (χ2v) is 4.40. The molecule has 0 radical (unpaired) electrons. The van der Waals surface area contributed by atoms with Crippen molar-refractivity contribution in [3.05, 3.63) is 35.6 Å². The molecule has 0 atom stereocenters. The van der Waals surface area contributed by atoms with Crippen LogP contribution in [0, 0.1) is 5.82 Å². The Balaban J connectivity index is 2.33. The number of rotatable bonds is 7. The SMILES string of the molecule is CN(CCCCCO)C(=O)Cc1ccc(F)cc1. The highest BCUT2D eigenvalue weighted by molar-refractivity contribution is 5.78. The van der Waals surface area contributed by atoms with Crippen LogP contribution in [0.5, 0.6) is 0 Å². The van der Waals surface area contributed by atoms with Gasteiger partial charge in [0.1, 0.15) is 5.82 Å². The van der Waals surface area contributed by atoms with Gasteiger partial charge in [0, 0.05) is 20.2 Å². The molecule has 1 amide bonds. The Kier molecular flexibility index (Phi) is 6.36. The summed E-state index contributed by atoms with van der Waals surface area (Å²) in [6.45, 7) is 0.896. The van der Waals surface area contributed by atoms with Gasteiger partial charge in [-0.25, -0.2) is 4.39 Å². The third kappa shape index (κ3) is 5.27. The van der Waals surface area contributed by atoms with Crippen LogP contribution in [0.15, 0.2) is 24.3 Å². The van der Waals surface area contributed by atoms with Crippen LogP contribution in [0.3, 0.4) is 0 Å². The molecule has 1 N–H and O–H groups in total. The van der Waals surface area contributed by atoms with Crippen molar-refractivity contribution in [2.45, 2.75) is 25.7 Å². The topological polar surface area (TPSA) is 40.5 Å². The van der Waals surface area contributed by atoms with Crippen molar-refractivity contribution in [3.63, 3.8) is 0 Å². The van der Waals surface area contributed by atoms with Crippen molar-refractivity contribution in [1.29, 1.82) is 0 Å².